The Hall–Kier alpha value is -1.92. The van der Waals surface area contributed by atoms with Gasteiger partial charge in [0.2, 0.25) is 17.7 Å². The maximum atomic E-state index is 12.2. The van der Waals surface area contributed by atoms with E-state index in [0.717, 1.165) is 12.8 Å². The van der Waals surface area contributed by atoms with Crippen LogP contribution in [0.3, 0.4) is 0 Å². The van der Waals surface area contributed by atoms with Crippen LogP contribution in [0.1, 0.15) is 24.6 Å². The van der Waals surface area contributed by atoms with Crippen molar-refractivity contribution in [3.8, 4) is 0 Å². The molecule has 18 heavy (non-hydrogen) atoms. The molecular formula is C11H14N4O3. The lowest BCUT2D eigenvalue weighted by Crippen LogP contribution is -2.58. The quantitative estimate of drug-likeness (QED) is 0.789. The normalized spacial score (nSPS) is 24.3. The molecule has 7 nitrogen and oxygen atoms in total. The summed E-state index contributed by atoms with van der Waals surface area (Å²) in [6.45, 7) is 1.98. The van der Waals surface area contributed by atoms with Crippen molar-refractivity contribution in [3.05, 3.63) is 11.7 Å². The summed E-state index contributed by atoms with van der Waals surface area (Å²) < 4.78 is 4.98. The number of carbonyl (C=O) groups excluding carboxylic acids is 2. The Labute approximate surface area is 104 Å². The van der Waals surface area contributed by atoms with Crippen LogP contribution in [0.25, 0.3) is 0 Å². The minimum atomic E-state index is -0.365. The number of aryl methyl sites for hydroxylation is 1. The standard InChI is InChI=1S/C11H14N4O3/c1-6-12-9(18-14-6)5-15-4-8(16)13-10(11(15)17)7-2-3-7/h7,10H,2-5H2,1H3,(H,13,16). The zero-order valence-electron chi connectivity index (χ0n) is 10.0. The van der Waals surface area contributed by atoms with Crippen LogP contribution < -0.4 is 5.32 Å². The lowest BCUT2D eigenvalue weighted by atomic mass is 10.1. The monoisotopic (exact) mass is 250 g/mol. The maximum Gasteiger partial charge on any atom is 0.246 e. The molecule has 2 fully saturated rings. The molecule has 1 aliphatic carbocycles. The second kappa shape index (κ2) is 4.08. The Balaban J connectivity index is 1.73. The molecule has 1 aromatic rings. The topological polar surface area (TPSA) is 88.3 Å². The maximum absolute atomic E-state index is 12.2. The van der Waals surface area contributed by atoms with E-state index < -0.39 is 0 Å². The molecule has 1 aliphatic heterocycles. The molecule has 3 rings (SSSR count). The molecule has 2 aliphatic rings. The summed E-state index contributed by atoms with van der Waals surface area (Å²) in [6, 6.07) is -0.365. The molecule has 96 valence electrons. The molecule has 1 atom stereocenters. The van der Waals surface area contributed by atoms with Crippen LogP contribution in [0.5, 0.6) is 0 Å². The third kappa shape index (κ3) is 2.07. The molecule has 0 spiro atoms. The molecule has 1 saturated carbocycles. The van der Waals surface area contributed by atoms with Crippen molar-refractivity contribution in [1.29, 1.82) is 0 Å². The number of rotatable bonds is 3. The van der Waals surface area contributed by atoms with Crippen molar-refractivity contribution in [2.75, 3.05) is 6.54 Å². The zero-order valence-corrected chi connectivity index (χ0v) is 10.0. The number of carbonyl (C=O) groups is 2. The van der Waals surface area contributed by atoms with E-state index >= 15 is 0 Å². The highest BCUT2D eigenvalue weighted by atomic mass is 16.5. The predicted octanol–water partition coefficient (Wildman–Crippen LogP) is -0.385. The van der Waals surface area contributed by atoms with Gasteiger partial charge in [-0.2, -0.15) is 4.98 Å². The smallest absolute Gasteiger partial charge is 0.246 e. The van der Waals surface area contributed by atoms with Gasteiger partial charge >= 0.3 is 0 Å². The summed E-state index contributed by atoms with van der Waals surface area (Å²) in [6.07, 6.45) is 2.01. The minimum Gasteiger partial charge on any atom is -0.342 e. The fourth-order valence-corrected chi connectivity index (χ4v) is 2.18. The van der Waals surface area contributed by atoms with Crippen LogP contribution in [0.15, 0.2) is 4.52 Å². The number of nitrogens with zero attached hydrogens (tertiary/aromatic N) is 3. The summed E-state index contributed by atoms with van der Waals surface area (Å²) in [5.74, 6) is 1.02. The number of amides is 2. The second-order valence-electron chi connectivity index (χ2n) is 4.81. The first kappa shape index (κ1) is 11.2. The third-order valence-electron chi connectivity index (χ3n) is 3.22. The van der Waals surface area contributed by atoms with Gasteiger partial charge in [0.25, 0.3) is 0 Å². The number of hydrogen-bond donors (Lipinski definition) is 1. The molecule has 1 saturated heterocycles. The predicted molar refractivity (Wildman–Crippen MR) is 59.1 cm³/mol. The van der Waals surface area contributed by atoms with Gasteiger partial charge in [-0.25, -0.2) is 0 Å². The van der Waals surface area contributed by atoms with E-state index in [-0.39, 0.29) is 30.9 Å². The van der Waals surface area contributed by atoms with Crippen molar-refractivity contribution < 1.29 is 14.1 Å². The molecule has 1 N–H and O–H groups in total. The average Bonchev–Trinajstić information content (AvgIpc) is 3.08. The van der Waals surface area contributed by atoms with E-state index in [1.54, 1.807) is 6.92 Å². The van der Waals surface area contributed by atoms with Crippen LogP contribution >= 0.6 is 0 Å². The molecule has 1 aromatic heterocycles. The van der Waals surface area contributed by atoms with Gasteiger partial charge in [0, 0.05) is 0 Å². The largest absolute Gasteiger partial charge is 0.342 e. The van der Waals surface area contributed by atoms with E-state index in [0.29, 0.717) is 17.6 Å². The highest BCUT2D eigenvalue weighted by Crippen LogP contribution is 2.34. The first-order chi connectivity index (χ1) is 8.63. The van der Waals surface area contributed by atoms with Gasteiger partial charge in [0.1, 0.15) is 19.1 Å². The molecular weight excluding hydrogens is 236 g/mol. The number of piperazine rings is 1. The van der Waals surface area contributed by atoms with Gasteiger partial charge in [-0.15, -0.1) is 0 Å². The number of hydrogen-bond acceptors (Lipinski definition) is 5. The van der Waals surface area contributed by atoms with Crippen LogP contribution in [-0.2, 0) is 16.1 Å². The molecule has 0 bridgehead atoms. The summed E-state index contributed by atoms with van der Waals surface area (Å²) >= 11 is 0. The van der Waals surface area contributed by atoms with Crippen LogP contribution in [0.2, 0.25) is 0 Å². The minimum absolute atomic E-state index is 0.0482. The molecule has 1 unspecified atom stereocenters. The first-order valence-electron chi connectivity index (χ1n) is 6.01. The average molecular weight is 250 g/mol. The first-order valence-corrected chi connectivity index (χ1v) is 6.01. The number of aromatic nitrogens is 2. The summed E-state index contributed by atoms with van der Waals surface area (Å²) in [7, 11) is 0. The van der Waals surface area contributed by atoms with Gasteiger partial charge < -0.3 is 14.7 Å². The van der Waals surface area contributed by atoms with Crippen molar-refractivity contribution in [1.82, 2.24) is 20.4 Å². The summed E-state index contributed by atoms with van der Waals surface area (Å²) in [5.41, 5.74) is 0. The van der Waals surface area contributed by atoms with Crippen LogP contribution in [0, 0.1) is 12.8 Å². The fraction of sp³-hybridized carbons (Fsp3) is 0.636. The van der Waals surface area contributed by atoms with E-state index in [2.05, 4.69) is 15.5 Å². The highest BCUT2D eigenvalue weighted by molar-refractivity contribution is 5.95. The second-order valence-corrected chi connectivity index (χ2v) is 4.81. The molecule has 2 heterocycles. The molecule has 2 amide bonds. The van der Waals surface area contributed by atoms with E-state index in [9.17, 15) is 9.59 Å². The Morgan fingerprint density at radius 3 is 2.83 bits per heavy atom. The Kier molecular flexibility index (Phi) is 2.53. The summed E-state index contributed by atoms with van der Waals surface area (Å²) in [5, 5.41) is 6.42. The van der Waals surface area contributed by atoms with Crippen molar-refractivity contribution in [3.63, 3.8) is 0 Å². The van der Waals surface area contributed by atoms with Gasteiger partial charge in [0.15, 0.2) is 5.82 Å². The Bertz CT molecular complexity index is 494. The van der Waals surface area contributed by atoms with Gasteiger partial charge in [-0.3, -0.25) is 9.59 Å². The molecule has 7 heteroatoms. The molecule has 0 radical (unpaired) electrons. The van der Waals surface area contributed by atoms with E-state index in [1.807, 2.05) is 0 Å². The van der Waals surface area contributed by atoms with E-state index in [1.165, 1.54) is 4.90 Å². The van der Waals surface area contributed by atoms with Gasteiger partial charge in [-0.05, 0) is 25.7 Å². The van der Waals surface area contributed by atoms with Crippen molar-refractivity contribution in [2.45, 2.75) is 32.4 Å². The lowest BCUT2D eigenvalue weighted by molar-refractivity contribution is -0.145. The van der Waals surface area contributed by atoms with Crippen LogP contribution in [0.4, 0.5) is 0 Å². The lowest BCUT2D eigenvalue weighted by Gasteiger charge is -2.31. The fourth-order valence-electron chi connectivity index (χ4n) is 2.18. The SMILES string of the molecule is Cc1noc(CN2CC(=O)NC(C3CC3)C2=O)n1. The van der Waals surface area contributed by atoms with E-state index in [4.69, 9.17) is 4.52 Å². The molecule has 0 aromatic carbocycles. The Morgan fingerprint density at radius 2 is 2.22 bits per heavy atom. The van der Waals surface area contributed by atoms with Gasteiger partial charge in [0.05, 0.1) is 0 Å². The highest BCUT2D eigenvalue weighted by Gasteiger charge is 2.42. The van der Waals surface area contributed by atoms with Gasteiger partial charge in [-0.1, -0.05) is 5.16 Å². The third-order valence-corrected chi connectivity index (χ3v) is 3.22. The number of nitrogens with one attached hydrogen (secondary N) is 1. The Morgan fingerprint density at radius 1 is 1.44 bits per heavy atom. The van der Waals surface area contributed by atoms with Crippen LogP contribution in [-0.4, -0.2) is 39.4 Å². The van der Waals surface area contributed by atoms with Crippen molar-refractivity contribution in [2.24, 2.45) is 5.92 Å². The zero-order chi connectivity index (χ0) is 12.7. The van der Waals surface area contributed by atoms with Crippen molar-refractivity contribution >= 4 is 11.8 Å². The summed E-state index contributed by atoms with van der Waals surface area (Å²) in [4.78, 5) is 29.3.